The van der Waals surface area contributed by atoms with Gasteiger partial charge in [-0.2, -0.15) is 0 Å². The molecular formula is C30H36O12. The summed E-state index contributed by atoms with van der Waals surface area (Å²) < 4.78 is 14.6. The molecule has 0 aliphatic carbocycles. The number of carbonyl (C=O) groups excluding carboxylic acids is 3. The van der Waals surface area contributed by atoms with Gasteiger partial charge in [0.2, 0.25) is 0 Å². The Morgan fingerprint density at radius 1 is 0.810 bits per heavy atom. The Morgan fingerprint density at radius 3 is 1.60 bits per heavy atom. The minimum absolute atomic E-state index is 0.109. The summed E-state index contributed by atoms with van der Waals surface area (Å²) in [7, 11) is 1.33. The Labute approximate surface area is 241 Å². The highest BCUT2D eigenvalue weighted by atomic mass is 16.5. The zero-order valence-electron chi connectivity index (χ0n) is 24.2. The van der Waals surface area contributed by atoms with Crippen LogP contribution in [0.1, 0.15) is 104 Å². The zero-order valence-corrected chi connectivity index (χ0v) is 24.2. The summed E-state index contributed by atoms with van der Waals surface area (Å²) in [5.74, 6) is -2.86. The molecule has 3 N–H and O–H groups in total. The van der Waals surface area contributed by atoms with Crippen LogP contribution in [-0.4, -0.2) is 45.9 Å². The van der Waals surface area contributed by atoms with Crippen molar-refractivity contribution in [2.45, 2.75) is 71.6 Å². The zero-order chi connectivity index (χ0) is 32.0. The molecular weight excluding hydrogens is 552 g/mol. The second-order valence-electron chi connectivity index (χ2n) is 9.45. The van der Waals surface area contributed by atoms with Crippen LogP contribution >= 0.6 is 0 Å². The van der Waals surface area contributed by atoms with Crippen LogP contribution in [0.4, 0.5) is 0 Å². The van der Waals surface area contributed by atoms with Gasteiger partial charge in [-0.15, -0.1) is 0 Å². The number of Topliss-reactive ketones (excluding diaryl/α,β-unsaturated/α-hetero) is 2. The Bertz CT molecular complexity index is 1440. The molecule has 2 aromatic heterocycles. The van der Waals surface area contributed by atoms with E-state index in [1.165, 1.54) is 39.2 Å². The predicted octanol–water partition coefficient (Wildman–Crippen LogP) is 4.62. The second kappa shape index (κ2) is 17.2. The van der Waals surface area contributed by atoms with Crippen molar-refractivity contribution < 1.29 is 48.1 Å². The molecule has 0 aromatic carbocycles. The molecule has 12 heteroatoms. The number of rotatable bonds is 13. The SMILES string of the molecule is CC(=O)c1c(O)cc(C(C)CC/C=C/C(=O)O)oc1=O.COC(=O)C/C=C/CCC(C)c1cc(O)c(C(C)=O)c(=O)o1. The van der Waals surface area contributed by atoms with E-state index >= 15 is 0 Å². The second-order valence-corrected chi connectivity index (χ2v) is 9.45. The van der Waals surface area contributed by atoms with Crippen molar-refractivity contribution in [3.63, 3.8) is 0 Å². The highest BCUT2D eigenvalue weighted by Crippen LogP contribution is 2.26. The summed E-state index contributed by atoms with van der Waals surface area (Å²) in [6, 6.07) is 2.56. The van der Waals surface area contributed by atoms with Crippen molar-refractivity contribution in [3.05, 3.63) is 79.9 Å². The van der Waals surface area contributed by atoms with Gasteiger partial charge < -0.3 is 28.9 Å². The Kier molecular flexibility index (Phi) is 14.4. The summed E-state index contributed by atoms with van der Waals surface area (Å²) in [5, 5.41) is 27.8. The minimum Gasteiger partial charge on any atom is -0.507 e. The molecule has 0 saturated carbocycles. The lowest BCUT2D eigenvalue weighted by atomic mass is 10.0. The van der Waals surface area contributed by atoms with Gasteiger partial charge in [-0.25, -0.2) is 14.4 Å². The Balaban J connectivity index is 0.000000422. The number of methoxy groups -OCH3 is 1. The lowest BCUT2D eigenvalue weighted by Crippen LogP contribution is -2.13. The van der Waals surface area contributed by atoms with Crippen LogP contribution in [-0.2, 0) is 14.3 Å². The molecule has 0 spiro atoms. The van der Waals surface area contributed by atoms with Crippen molar-refractivity contribution in [3.8, 4) is 11.5 Å². The molecule has 42 heavy (non-hydrogen) atoms. The molecule has 0 fully saturated rings. The van der Waals surface area contributed by atoms with E-state index in [-0.39, 0.29) is 46.9 Å². The van der Waals surface area contributed by atoms with Gasteiger partial charge in [0.1, 0.15) is 34.1 Å². The maximum absolute atomic E-state index is 11.7. The normalized spacial score (nSPS) is 12.4. The summed E-state index contributed by atoms with van der Waals surface area (Å²) >= 11 is 0. The number of allylic oxidation sites excluding steroid dienone is 2. The van der Waals surface area contributed by atoms with E-state index in [2.05, 4.69) is 4.74 Å². The quantitative estimate of drug-likeness (QED) is 0.127. The van der Waals surface area contributed by atoms with Gasteiger partial charge in [0.05, 0.1) is 13.5 Å². The molecule has 2 atom stereocenters. The first-order valence-electron chi connectivity index (χ1n) is 13.1. The topological polar surface area (TPSA) is 199 Å². The molecule has 2 unspecified atom stereocenters. The van der Waals surface area contributed by atoms with Crippen molar-refractivity contribution in [1.29, 1.82) is 0 Å². The molecule has 2 rings (SSSR count). The van der Waals surface area contributed by atoms with E-state index in [9.17, 15) is 39.0 Å². The number of ketones is 2. The van der Waals surface area contributed by atoms with Crippen LogP contribution in [0.15, 0.2) is 54.9 Å². The summed E-state index contributed by atoms with van der Waals surface area (Å²) in [6.07, 6.45) is 8.70. The highest BCUT2D eigenvalue weighted by Gasteiger charge is 2.19. The lowest BCUT2D eigenvalue weighted by molar-refractivity contribution is -0.139. The number of aliphatic carboxylic acids is 1. The number of carboxylic acid groups (broad SMARTS) is 1. The third-order valence-corrected chi connectivity index (χ3v) is 6.05. The first-order chi connectivity index (χ1) is 19.7. The maximum Gasteiger partial charge on any atom is 0.350 e. The van der Waals surface area contributed by atoms with Crippen LogP contribution in [0.2, 0.25) is 0 Å². The van der Waals surface area contributed by atoms with E-state index in [1.54, 1.807) is 13.0 Å². The van der Waals surface area contributed by atoms with E-state index in [0.717, 1.165) is 6.08 Å². The lowest BCUT2D eigenvalue weighted by Gasteiger charge is -2.10. The first-order valence-corrected chi connectivity index (χ1v) is 13.1. The van der Waals surface area contributed by atoms with Crippen LogP contribution < -0.4 is 11.3 Å². The smallest absolute Gasteiger partial charge is 0.350 e. The van der Waals surface area contributed by atoms with Crippen molar-refractivity contribution in [2.24, 2.45) is 0 Å². The number of carboxylic acids is 1. The summed E-state index contributed by atoms with van der Waals surface area (Å²) in [5.41, 5.74) is -2.36. The third-order valence-electron chi connectivity index (χ3n) is 6.05. The number of carbonyl (C=O) groups is 4. The first kappa shape index (κ1) is 35.3. The fourth-order valence-electron chi connectivity index (χ4n) is 3.67. The fourth-order valence-corrected chi connectivity index (χ4v) is 3.67. The Hall–Kier alpha value is -4.74. The molecule has 0 aliphatic heterocycles. The predicted molar refractivity (Wildman–Crippen MR) is 151 cm³/mol. The van der Waals surface area contributed by atoms with Gasteiger partial charge in [0.15, 0.2) is 11.6 Å². The van der Waals surface area contributed by atoms with Crippen LogP contribution in [0.25, 0.3) is 0 Å². The number of hydrogen-bond acceptors (Lipinski definition) is 11. The minimum atomic E-state index is -1.02. The molecule has 2 aromatic rings. The average Bonchev–Trinajstić information content (AvgIpc) is 2.89. The van der Waals surface area contributed by atoms with Crippen LogP contribution in [0.3, 0.4) is 0 Å². The van der Waals surface area contributed by atoms with Gasteiger partial charge in [-0.1, -0.05) is 32.1 Å². The van der Waals surface area contributed by atoms with Crippen molar-refractivity contribution >= 4 is 23.5 Å². The van der Waals surface area contributed by atoms with Gasteiger partial charge in [-0.05, 0) is 39.5 Å². The molecule has 0 amide bonds. The van der Waals surface area contributed by atoms with E-state index in [1.807, 2.05) is 13.0 Å². The molecule has 0 radical (unpaired) electrons. The van der Waals surface area contributed by atoms with Gasteiger partial charge >= 0.3 is 23.2 Å². The fraction of sp³-hybridized carbons (Fsp3) is 0.400. The van der Waals surface area contributed by atoms with Gasteiger partial charge in [0, 0.05) is 30.0 Å². The largest absolute Gasteiger partial charge is 0.507 e. The van der Waals surface area contributed by atoms with Gasteiger partial charge in [-0.3, -0.25) is 14.4 Å². The van der Waals surface area contributed by atoms with E-state index < -0.39 is 34.5 Å². The third kappa shape index (κ3) is 11.4. The molecule has 0 saturated heterocycles. The molecule has 0 aliphatic rings. The standard InChI is InChI=1S/C16H20O6.C14H16O6/c1-10(7-5-4-6-8-14(19)21-3)13-9-12(18)15(11(2)17)16(20)22-13;1-8(5-3-4-6-12(17)18)11-7-10(16)13(9(2)15)14(19)20-11/h4,6,9-10,18H,5,7-8H2,1-3H3;4,6-8,16H,3,5H2,1-2H3,(H,17,18)/b2*6-4+. The van der Waals surface area contributed by atoms with Crippen molar-refractivity contribution in [2.75, 3.05) is 7.11 Å². The molecule has 228 valence electrons. The van der Waals surface area contributed by atoms with E-state index in [4.69, 9.17) is 13.9 Å². The van der Waals surface area contributed by atoms with Crippen LogP contribution in [0, 0.1) is 0 Å². The molecule has 0 bridgehead atoms. The Morgan fingerprint density at radius 2 is 1.24 bits per heavy atom. The summed E-state index contributed by atoms with van der Waals surface area (Å²) in [4.78, 5) is 66.9. The number of aromatic hydroxyl groups is 2. The number of esters is 1. The highest BCUT2D eigenvalue weighted by molar-refractivity contribution is 5.96. The van der Waals surface area contributed by atoms with E-state index in [0.29, 0.717) is 31.4 Å². The average molecular weight is 589 g/mol. The van der Waals surface area contributed by atoms with Crippen molar-refractivity contribution in [1.82, 2.24) is 0 Å². The monoisotopic (exact) mass is 588 g/mol. The number of hydrogen-bond donors (Lipinski definition) is 3. The number of ether oxygens (including phenoxy) is 1. The molecule has 2 heterocycles. The summed E-state index contributed by atoms with van der Waals surface area (Å²) in [6.45, 7) is 5.99. The molecule has 12 nitrogen and oxygen atoms in total. The maximum atomic E-state index is 11.7. The van der Waals surface area contributed by atoms with Crippen LogP contribution in [0.5, 0.6) is 11.5 Å². The van der Waals surface area contributed by atoms with Gasteiger partial charge in [0.25, 0.3) is 0 Å².